The third kappa shape index (κ3) is 9.43. The van der Waals surface area contributed by atoms with E-state index in [1.54, 1.807) is 0 Å². The van der Waals surface area contributed by atoms with Gasteiger partial charge in [0.2, 0.25) is 0 Å². The summed E-state index contributed by atoms with van der Waals surface area (Å²) in [5, 5.41) is -0.0880. The Morgan fingerprint density at radius 1 is 0.867 bits per heavy atom. The number of alkyl halides is 3. The van der Waals surface area contributed by atoms with Gasteiger partial charge in [-0.3, -0.25) is 0 Å². The van der Waals surface area contributed by atoms with E-state index in [2.05, 4.69) is 33.3 Å². The lowest BCUT2D eigenvalue weighted by molar-refractivity contribution is 1.04. The van der Waals surface area contributed by atoms with Crippen molar-refractivity contribution in [2.75, 3.05) is 51.8 Å². The molecule has 1 unspecified atom stereocenters. The van der Waals surface area contributed by atoms with Crippen LogP contribution >= 0.6 is 49.3 Å². The average Bonchev–Trinajstić information content (AvgIpc) is 1.99. The molecular weight excluding hydrogens is 288 g/mol. The van der Waals surface area contributed by atoms with E-state index in [-0.39, 0.29) is 5.38 Å². The minimum Gasteiger partial charge on any atom is -0.116 e. The first-order valence-electron chi connectivity index (χ1n) is 5.08. The Kier molecular flexibility index (Phi) is 7.37. The van der Waals surface area contributed by atoms with Crippen molar-refractivity contribution >= 4 is 49.3 Å². The molecule has 0 heterocycles. The first-order valence-corrected chi connectivity index (χ1v) is 12.8. The Morgan fingerprint density at radius 3 is 1.67 bits per heavy atom. The minimum atomic E-state index is -0.922. The molecule has 0 aliphatic rings. The van der Waals surface area contributed by atoms with Crippen LogP contribution in [0.3, 0.4) is 0 Å². The van der Waals surface area contributed by atoms with Gasteiger partial charge in [0.05, 0.1) is 23.9 Å². The van der Waals surface area contributed by atoms with Crippen molar-refractivity contribution in [3.8, 4) is 0 Å². The van der Waals surface area contributed by atoms with Gasteiger partial charge in [-0.25, -0.2) is 0 Å². The van der Waals surface area contributed by atoms with E-state index in [1.165, 1.54) is 12.3 Å². The van der Waals surface area contributed by atoms with Gasteiger partial charge in [0.25, 0.3) is 0 Å². The van der Waals surface area contributed by atoms with Gasteiger partial charge in [-0.1, -0.05) is 0 Å². The number of halogens is 3. The highest BCUT2D eigenvalue weighted by atomic mass is 35.5. The first-order chi connectivity index (χ1) is 6.53. The molecule has 0 amide bonds. The monoisotopic (exact) mass is 310 g/mol. The van der Waals surface area contributed by atoms with Crippen LogP contribution in [0.4, 0.5) is 0 Å². The van der Waals surface area contributed by atoms with Crippen molar-refractivity contribution in [2.24, 2.45) is 0 Å². The van der Waals surface area contributed by atoms with E-state index in [9.17, 15) is 0 Å². The SMILES string of the molecule is C[P+](C)(C)CC[P+](C)(C)CC(Cl)C(Cl)Cl. The molecule has 5 heteroatoms. The van der Waals surface area contributed by atoms with Crippen LogP contribution in [0.15, 0.2) is 0 Å². The second-order valence-corrected chi connectivity index (χ2v) is 17.1. The molecule has 0 radical (unpaired) electrons. The van der Waals surface area contributed by atoms with Crippen LogP contribution in [0.5, 0.6) is 0 Å². The van der Waals surface area contributed by atoms with Crippen LogP contribution in [-0.2, 0) is 0 Å². The van der Waals surface area contributed by atoms with Crippen molar-refractivity contribution in [1.29, 1.82) is 0 Å². The highest BCUT2D eigenvalue weighted by Crippen LogP contribution is 2.57. The van der Waals surface area contributed by atoms with Crippen molar-refractivity contribution < 1.29 is 0 Å². The molecule has 92 valence electrons. The van der Waals surface area contributed by atoms with Gasteiger partial charge in [-0.05, 0) is 0 Å². The van der Waals surface area contributed by atoms with Crippen LogP contribution in [0.25, 0.3) is 0 Å². The van der Waals surface area contributed by atoms with Gasteiger partial charge in [-0.2, -0.15) is 0 Å². The Morgan fingerprint density at radius 2 is 1.33 bits per heavy atom. The fraction of sp³-hybridized carbons (Fsp3) is 1.00. The molecule has 0 spiro atoms. The third-order valence-electron chi connectivity index (χ3n) is 2.32. The summed E-state index contributed by atoms with van der Waals surface area (Å²) in [5.41, 5.74) is 0. The second-order valence-electron chi connectivity index (χ2n) is 5.71. The summed E-state index contributed by atoms with van der Waals surface area (Å²) in [7, 11) is -1.58. The largest absolute Gasteiger partial charge is 0.127 e. The van der Waals surface area contributed by atoms with Gasteiger partial charge in [-0.15, -0.1) is 34.8 Å². The molecule has 0 aliphatic carbocycles. The quantitative estimate of drug-likeness (QED) is 0.497. The maximum Gasteiger partial charge on any atom is 0.127 e. The molecule has 0 nitrogen and oxygen atoms in total. The molecule has 0 N–H and O–H groups in total. The van der Waals surface area contributed by atoms with Gasteiger partial charge < -0.3 is 0 Å². The zero-order valence-electron chi connectivity index (χ0n) is 10.3. The van der Waals surface area contributed by atoms with Gasteiger partial charge >= 0.3 is 0 Å². The van der Waals surface area contributed by atoms with Crippen molar-refractivity contribution in [1.82, 2.24) is 0 Å². The highest BCUT2D eigenvalue weighted by Gasteiger charge is 2.34. The summed E-state index contributed by atoms with van der Waals surface area (Å²) < 4.78 is 0. The Bertz CT molecular complexity index is 188. The van der Waals surface area contributed by atoms with Crippen LogP contribution in [0, 0.1) is 0 Å². The Labute approximate surface area is 111 Å². The zero-order chi connectivity index (χ0) is 12.3. The van der Waals surface area contributed by atoms with E-state index >= 15 is 0 Å². The topological polar surface area (TPSA) is 0 Å². The molecular formula is C10H23Cl3P2+2. The summed E-state index contributed by atoms with van der Waals surface area (Å²) in [5.74, 6) is 0. The van der Waals surface area contributed by atoms with Crippen LogP contribution < -0.4 is 0 Å². The number of hydrogen-bond donors (Lipinski definition) is 0. The highest BCUT2D eigenvalue weighted by molar-refractivity contribution is 7.78. The maximum atomic E-state index is 6.12. The molecule has 0 aromatic rings. The summed E-state index contributed by atoms with van der Waals surface area (Å²) in [6.45, 7) is 11.9. The van der Waals surface area contributed by atoms with Crippen molar-refractivity contribution in [2.45, 2.75) is 10.2 Å². The van der Waals surface area contributed by atoms with Gasteiger partial charge in [0.15, 0.2) is 0 Å². The average molecular weight is 312 g/mol. The smallest absolute Gasteiger partial charge is 0.116 e. The van der Waals surface area contributed by atoms with Crippen molar-refractivity contribution in [3.05, 3.63) is 0 Å². The molecule has 0 fully saturated rings. The Hall–Kier alpha value is 1.73. The number of rotatable bonds is 6. The molecule has 0 rings (SSSR count). The molecule has 0 aliphatic heterocycles. The minimum absolute atomic E-state index is 0.0880. The lowest BCUT2D eigenvalue weighted by atomic mass is 10.5. The van der Waals surface area contributed by atoms with E-state index in [0.717, 1.165) is 6.16 Å². The summed E-state index contributed by atoms with van der Waals surface area (Å²) in [6.07, 6.45) is 3.66. The zero-order valence-corrected chi connectivity index (χ0v) is 14.4. The van der Waals surface area contributed by atoms with Crippen LogP contribution in [0.2, 0.25) is 0 Å². The maximum absolute atomic E-state index is 6.12. The van der Waals surface area contributed by atoms with Gasteiger partial charge in [0, 0.05) is 47.8 Å². The summed E-state index contributed by atoms with van der Waals surface area (Å²) in [4.78, 5) is -0.435. The fourth-order valence-electron chi connectivity index (χ4n) is 1.21. The van der Waals surface area contributed by atoms with E-state index in [0.29, 0.717) is 0 Å². The fourth-order valence-corrected chi connectivity index (χ4v) is 8.66. The molecule has 15 heavy (non-hydrogen) atoms. The standard InChI is InChI=1S/C10H23Cl3P2/c1-14(2,3)6-7-15(4,5)8-9(11)10(12)13/h9-10H,6-8H2,1-5H3/q+2. The van der Waals surface area contributed by atoms with Crippen LogP contribution in [-0.4, -0.2) is 62.0 Å². The molecule has 1 atom stereocenters. The first kappa shape index (κ1) is 16.7. The van der Waals surface area contributed by atoms with Gasteiger partial charge in [0.1, 0.15) is 4.84 Å². The Balaban J connectivity index is 4.07. The number of hydrogen-bond acceptors (Lipinski definition) is 0. The molecule has 0 aromatic carbocycles. The molecule has 0 saturated carbocycles. The van der Waals surface area contributed by atoms with E-state index in [1.807, 2.05) is 0 Å². The molecule has 0 bridgehead atoms. The molecule has 0 saturated heterocycles. The van der Waals surface area contributed by atoms with Crippen molar-refractivity contribution in [3.63, 3.8) is 0 Å². The second kappa shape index (κ2) is 6.61. The molecule has 0 aromatic heterocycles. The normalized spacial score (nSPS) is 15.8. The lowest BCUT2D eigenvalue weighted by Gasteiger charge is -2.23. The lowest BCUT2D eigenvalue weighted by Crippen LogP contribution is -2.19. The summed E-state index contributed by atoms with van der Waals surface area (Å²) in [6, 6.07) is 0. The van der Waals surface area contributed by atoms with Crippen LogP contribution in [0.1, 0.15) is 0 Å². The summed E-state index contributed by atoms with van der Waals surface area (Å²) >= 11 is 17.7. The predicted molar refractivity (Wildman–Crippen MR) is 83.2 cm³/mol. The third-order valence-corrected chi connectivity index (χ3v) is 8.54. The van der Waals surface area contributed by atoms with E-state index in [4.69, 9.17) is 34.8 Å². The van der Waals surface area contributed by atoms with E-state index < -0.39 is 19.4 Å². The predicted octanol–water partition coefficient (Wildman–Crippen LogP) is 4.58.